The summed E-state index contributed by atoms with van der Waals surface area (Å²) >= 11 is 0. The molecule has 2 aromatic rings. The fraction of sp³-hybridized carbons (Fsp3) is 0.250. The Morgan fingerprint density at radius 2 is 1.95 bits per heavy atom. The molecule has 4 heteroatoms. The maximum absolute atomic E-state index is 13.6. The predicted octanol–water partition coefficient (Wildman–Crippen LogP) is 3.52. The highest BCUT2D eigenvalue weighted by Crippen LogP contribution is 2.25. The molecule has 0 aliphatic heterocycles. The maximum atomic E-state index is 13.6. The summed E-state index contributed by atoms with van der Waals surface area (Å²) in [7, 11) is 1.59. The Bertz CT molecular complexity index is 613. The molecule has 0 aliphatic rings. The molecule has 2 nitrogen and oxygen atoms in total. The number of rotatable bonds is 4. The summed E-state index contributed by atoms with van der Waals surface area (Å²) in [5.41, 5.74) is 8.18. The lowest BCUT2D eigenvalue weighted by molar-refractivity contribution is 0.410. The van der Waals surface area contributed by atoms with E-state index in [0.29, 0.717) is 0 Å². The van der Waals surface area contributed by atoms with Crippen molar-refractivity contribution >= 4 is 0 Å². The molecule has 0 heterocycles. The van der Waals surface area contributed by atoms with Crippen molar-refractivity contribution in [3.63, 3.8) is 0 Å². The van der Waals surface area contributed by atoms with E-state index in [1.165, 1.54) is 6.07 Å². The lowest BCUT2D eigenvalue weighted by Gasteiger charge is -2.15. The van der Waals surface area contributed by atoms with E-state index in [1.54, 1.807) is 13.2 Å². The van der Waals surface area contributed by atoms with Gasteiger partial charge in [0, 0.05) is 6.04 Å². The Hall–Kier alpha value is -1.94. The van der Waals surface area contributed by atoms with Gasteiger partial charge in [0.05, 0.1) is 7.11 Å². The fourth-order valence-corrected chi connectivity index (χ4v) is 2.13. The number of aryl methyl sites for hydroxylation is 1. The Kier molecular flexibility index (Phi) is 4.35. The molecule has 2 rings (SSSR count). The first kappa shape index (κ1) is 14.5. The average Bonchev–Trinajstić information content (AvgIpc) is 2.44. The number of hydrogen-bond acceptors (Lipinski definition) is 2. The van der Waals surface area contributed by atoms with Gasteiger partial charge in [0.25, 0.3) is 0 Å². The molecule has 0 spiro atoms. The van der Waals surface area contributed by atoms with E-state index >= 15 is 0 Å². The third-order valence-corrected chi connectivity index (χ3v) is 3.33. The molecule has 0 bridgehead atoms. The topological polar surface area (TPSA) is 35.2 Å². The second-order valence-electron chi connectivity index (χ2n) is 4.75. The molecule has 0 fully saturated rings. The zero-order valence-electron chi connectivity index (χ0n) is 11.5. The van der Waals surface area contributed by atoms with Crippen molar-refractivity contribution in [2.24, 2.45) is 5.73 Å². The van der Waals surface area contributed by atoms with Crippen LogP contribution in [0.4, 0.5) is 8.78 Å². The first-order chi connectivity index (χ1) is 9.52. The van der Waals surface area contributed by atoms with Crippen molar-refractivity contribution < 1.29 is 13.5 Å². The third-order valence-electron chi connectivity index (χ3n) is 3.33. The SMILES string of the molecule is COc1cc(C(N)Cc2cccc(F)c2F)ccc1C. The minimum Gasteiger partial charge on any atom is -0.496 e. The average molecular weight is 277 g/mol. The highest BCUT2D eigenvalue weighted by Gasteiger charge is 2.14. The Morgan fingerprint density at radius 3 is 2.65 bits per heavy atom. The molecule has 2 N–H and O–H groups in total. The number of methoxy groups -OCH3 is 1. The molecule has 1 unspecified atom stereocenters. The summed E-state index contributed by atoms with van der Waals surface area (Å²) in [5, 5.41) is 0. The molecule has 0 amide bonds. The summed E-state index contributed by atoms with van der Waals surface area (Å²) in [6.45, 7) is 1.93. The molecule has 2 aromatic carbocycles. The van der Waals surface area contributed by atoms with E-state index in [4.69, 9.17) is 10.5 Å². The van der Waals surface area contributed by atoms with Crippen molar-refractivity contribution in [2.75, 3.05) is 7.11 Å². The maximum Gasteiger partial charge on any atom is 0.162 e. The summed E-state index contributed by atoms with van der Waals surface area (Å²) in [6, 6.07) is 9.31. The first-order valence-corrected chi connectivity index (χ1v) is 6.36. The van der Waals surface area contributed by atoms with Gasteiger partial charge < -0.3 is 10.5 Å². The van der Waals surface area contributed by atoms with Crippen LogP contribution in [0.15, 0.2) is 36.4 Å². The second-order valence-corrected chi connectivity index (χ2v) is 4.75. The van der Waals surface area contributed by atoms with Gasteiger partial charge in [0.15, 0.2) is 11.6 Å². The number of benzene rings is 2. The van der Waals surface area contributed by atoms with Crippen LogP contribution in [0.1, 0.15) is 22.7 Å². The van der Waals surface area contributed by atoms with Gasteiger partial charge >= 0.3 is 0 Å². The van der Waals surface area contributed by atoms with E-state index in [0.717, 1.165) is 22.9 Å². The molecule has 106 valence electrons. The molecule has 0 saturated heterocycles. The largest absolute Gasteiger partial charge is 0.496 e. The van der Waals surface area contributed by atoms with E-state index < -0.39 is 17.7 Å². The minimum atomic E-state index is -0.851. The standard InChI is InChI=1S/C16H17F2NO/c1-10-6-7-11(9-15(10)20-2)14(19)8-12-4-3-5-13(17)16(12)18/h3-7,9,14H,8,19H2,1-2H3. The van der Waals surface area contributed by atoms with Crippen molar-refractivity contribution in [1.82, 2.24) is 0 Å². The van der Waals surface area contributed by atoms with Crippen molar-refractivity contribution in [2.45, 2.75) is 19.4 Å². The Labute approximate surface area is 117 Å². The molecule has 1 atom stereocenters. The molecule has 0 aromatic heterocycles. The number of halogens is 2. The molecular formula is C16H17F2NO. The summed E-state index contributed by atoms with van der Waals surface area (Å²) < 4.78 is 32.0. The van der Waals surface area contributed by atoms with Crippen LogP contribution in [-0.4, -0.2) is 7.11 Å². The molecule has 0 aliphatic carbocycles. The summed E-state index contributed by atoms with van der Waals surface area (Å²) in [6.07, 6.45) is 0.232. The van der Waals surface area contributed by atoms with Crippen LogP contribution >= 0.6 is 0 Å². The summed E-state index contributed by atoms with van der Waals surface area (Å²) in [4.78, 5) is 0. The minimum absolute atomic E-state index is 0.232. The zero-order valence-corrected chi connectivity index (χ0v) is 11.5. The normalized spacial score (nSPS) is 12.2. The lowest BCUT2D eigenvalue weighted by atomic mass is 9.98. The van der Waals surface area contributed by atoms with Crippen LogP contribution in [0.5, 0.6) is 5.75 Å². The van der Waals surface area contributed by atoms with E-state index in [2.05, 4.69) is 0 Å². The van der Waals surface area contributed by atoms with Crippen LogP contribution in [0.2, 0.25) is 0 Å². The predicted molar refractivity (Wildman–Crippen MR) is 74.7 cm³/mol. The highest BCUT2D eigenvalue weighted by molar-refractivity contribution is 5.38. The van der Waals surface area contributed by atoms with Crippen LogP contribution in [-0.2, 0) is 6.42 Å². The zero-order chi connectivity index (χ0) is 14.7. The van der Waals surface area contributed by atoms with E-state index in [-0.39, 0.29) is 12.0 Å². The van der Waals surface area contributed by atoms with Crippen LogP contribution < -0.4 is 10.5 Å². The number of nitrogens with two attached hydrogens (primary N) is 1. The van der Waals surface area contributed by atoms with E-state index in [9.17, 15) is 8.78 Å². The van der Waals surface area contributed by atoms with Gasteiger partial charge in [0.2, 0.25) is 0 Å². The van der Waals surface area contributed by atoms with Crippen molar-refractivity contribution in [3.8, 4) is 5.75 Å². The Balaban J connectivity index is 2.24. The quantitative estimate of drug-likeness (QED) is 0.928. The monoisotopic (exact) mass is 277 g/mol. The van der Waals surface area contributed by atoms with Gasteiger partial charge in [-0.2, -0.15) is 0 Å². The molecule has 0 saturated carbocycles. The number of ether oxygens (including phenoxy) is 1. The smallest absolute Gasteiger partial charge is 0.162 e. The highest BCUT2D eigenvalue weighted by atomic mass is 19.2. The molecule has 0 radical (unpaired) electrons. The van der Waals surface area contributed by atoms with E-state index in [1.807, 2.05) is 25.1 Å². The van der Waals surface area contributed by atoms with Crippen molar-refractivity contribution in [3.05, 3.63) is 64.7 Å². The van der Waals surface area contributed by atoms with Gasteiger partial charge in [-0.05, 0) is 42.2 Å². The van der Waals surface area contributed by atoms with Crippen molar-refractivity contribution in [1.29, 1.82) is 0 Å². The van der Waals surface area contributed by atoms with Crippen LogP contribution in [0, 0.1) is 18.6 Å². The first-order valence-electron chi connectivity index (χ1n) is 6.36. The Morgan fingerprint density at radius 1 is 1.20 bits per heavy atom. The summed E-state index contributed by atoms with van der Waals surface area (Å²) in [5.74, 6) is -0.948. The van der Waals surface area contributed by atoms with Crippen LogP contribution in [0.25, 0.3) is 0 Å². The van der Waals surface area contributed by atoms with Gasteiger partial charge in [0.1, 0.15) is 5.75 Å². The molecule has 20 heavy (non-hydrogen) atoms. The number of hydrogen-bond donors (Lipinski definition) is 1. The fourth-order valence-electron chi connectivity index (χ4n) is 2.13. The molecular weight excluding hydrogens is 260 g/mol. The third kappa shape index (κ3) is 2.96. The van der Waals surface area contributed by atoms with Gasteiger partial charge in [-0.3, -0.25) is 0 Å². The van der Waals surface area contributed by atoms with Gasteiger partial charge in [-0.25, -0.2) is 8.78 Å². The lowest BCUT2D eigenvalue weighted by Crippen LogP contribution is -2.14. The van der Waals surface area contributed by atoms with Crippen LogP contribution in [0.3, 0.4) is 0 Å². The van der Waals surface area contributed by atoms with Gasteiger partial charge in [-0.15, -0.1) is 0 Å². The second kappa shape index (κ2) is 6.01. The van der Waals surface area contributed by atoms with Gasteiger partial charge in [-0.1, -0.05) is 24.3 Å².